The van der Waals surface area contributed by atoms with Crippen LogP contribution < -0.4 is 15.4 Å². The number of ether oxygens (including phenoxy) is 2. The van der Waals surface area contributed by atoms with Gasteiger partial charge in [0, 0.05) is 41.9 Å². The summed E-state index contributed by atoms with van der Waals surface area (Å²) in [6.45, 7) is 11.4. The summed E-state index contributed by atoms with van der Waals surface area (Å²) in [5.41, 5.74) is 1.64. The Balaban J connectivity index is 1.30. The molecule has 0 atom stereocenters. The van der Waals surface area contributed by atoms with Crippen LogP contribution in [0, 0.1) is 0 Å². The first-order valence-electron chi connectivity index (χ1n) is 13.5. The molecule has 1 aliphatic carbocycles. The topological polar surface area (TPSA) is 80.6 Å². The normalized spacial score (nSPS) is 17.3. The van der Waals surface area contributed by atoms with Crippen LogP contribution in [0.3, 0.4) is 0 Å². The number of amides is 2. The van der Waals surface area contributed by atoms with Gasteiger partial charge in [0.05, 0.1) is 30.6 Å². The zero-order valence-corrected chi connectivity index (χ0v) is 22.3. The van der Waals surface area contributed by atoms with Gasteiger partial charge in [0.2, 0.25) is 0 Å². The summed E-state index contributed by atoms with van der Waals surface area (Å²) in [4.78, 5) is 15.5. The van der Waals surface area contributed by atoms with E-state index in [1.807, 2.05) is 47.1 Å². The molecule has 0 bridgehead atoms. The van der Waals surface area contributed by atoms with Crippen molar-refractivity contribution >= 4 is 28.3 Å². The van der Waals surface area contributed by atoms with Crippen LogP contribution in [-0.2, 0) is 10.2 Å². The van der Waals surface area contributed by atoms with Crippen LogP contribution in [0.1, 0.15) is 58.2 Å². The molecule has 2 aromatic carbocycles. The largest absolute Gasteiger partial charge is 0.492 e. The average molecular weight is 506 g/mol. The maximum atomic E-state index is 13.2. The van der Waals surface area contributed by atoms with Gasteiger partial charge in [0.1, 0.15) is 18.2 Å². The summed E-state index contributed by atoms with van der Waals surface area (Å²) in [5.74, 6) is 1.57. The zero-order chi connectivity index (χ0) is 25.8. The lowest BCUT2D eigenvalue weighted by atomic mass is 9.92. The molecule has 0 unspecified atom stereocenters. The van der Waals surface area contributed by atoms with Gasteiger partial charge in [-0.05, 0) is 25.0 Å². The first-order chi connectivity index (χ1) is 17.9. The van der Waals surface area contributed by atoms with Crippen molar-refractivity contribution in [1.29, 1.82) is 0 Å². The Hall–Kier alpha value is -3.10. The zero-order valence-electron chi connectivity index (χ0n) is 22.3. The third-order valence-electron chi connectivity index (χ3n) is 7.32. The number of benzene rings is 2. The molecule has 2 heterocycles. The minimum absolute atomic E-state index is 0.0927. The van der Waals surface area contributed by atoms with Crippen molar-refractivity contribution in [1.82, 2.24) is 14.7 Å². The van der Waals surface area contributed by atoms with E-state index in [2.05, 4.69) is 36.3 Å². The minimum atomic E-state index is -0.272. The van der Waals surface area contributed by atoms with Crippen LogP contribution in [0.5, 0.6) is 5.75 Å². The molecule has 2 fully saturated rings. The summed E-state index contributed by atoms with van der Waals surface area (Å²) in [7, 11) is 0. The van der Waals surface area contributed by atoms with Gasteiger partial charge >= 0.3 is 6.03 Å². The quantitative estimate of drug-likeness (QED) is 0.424. The number of fused-ring (bicyclic) bond motifs is 1. The van der Waals surface area contributed by atoms with Gasteiger partial charge in [-0.3, -0.25) is 10.2 Å². The number of carbonyl (C=O) groups excluding carboxylic acids is 1. The van der Waals surface area contributed by atoms with Gasteiger partial charge in [-0.15, -0.1) is 0 Å². The first-order valence-corrected chi connectivity index (χ1v) is 13.5. The monoisotopic (exact) mass is 505 g/mol. The first kappa shape index (κ1) is 25.5. The predicted molar refractivity (Wildman–Crippen MR) is 148 cm³/mol. The molecule has 0 radical (unpaired) electrons. The maximum absolute atomic E-state index is 13.2. The lowest BCUT2D eigenvalue weighted by Crippen LogP contribution is -2.38. The molecular weight excluding hydrogens is 466 g/mol. The molecule has 198 valence electrons. The fourth-order valence-corrected chi connectivity index (χ4v) is 5.17. The molecule has 1 saturated carbocycles. The molecule has 1 saturated heterocycles. The highest BCUT2D eigenvalue weighted by molar-refractivity contribution is 6.07. The number of nitrogens with one attached hydrogen (secondary N) is 2. The summed E-state index contributed by atoms with van der Waals surface area (Å²) >= 11 is 0. The van der Waals surface area contributed by atoms with Crippen molar-refractivity contribution in [3.63, 3.8) is 0 Å². The summed E-state index contributed by atoms with van der Waals surface area (Å²) in [5, 5.41) is 13.0. The van der Waals surface area contributed by atoms with Crippen LogP contribution in [0.25, 0.3) is 10.8 Å². The van der Waals surface area contributed by atoms with E-state index in [1.54, 1.807) is 0 Å². The van der Waals surface area contributed by atoms with Crippen LogP contribution in [0.4, 0.5) is 16.3 Å². The molecule has 8 heteroatoms. The Morgan fingerprint density at radius 2 is 1.78 bits per heavy atom. The molecule has 3 aromatic rings. The van der Waals surface area contributed by atoms with Gasteiger partial charge in [0.25, 0.3) is 0 Å². The molecule has 2 amide bonds. The average Bonchev–Trinajstić information content (AvgIpc) is 3.56. The molecule has 1 aromatic heterocycles. The molecular formula is C29H39N5O3. The van der Waals surface area contributed by atoms with E-state index in [4.69, 9.17) is 14.6 Å². The van der Waals surface area contributed by atoms with Gasteiger partial charge in [-0.1, -0.05) is 57.9 Å². The third kappa shape index (κ3) is 6.08. The van der Waals surface area contributed by atoms with E-state index >= 15 is 0 Å². The molecule has 2 N–H and O–H groups in total. The SMILES string of the molecule is CC(C)(C)c1cc(NC(=O)Nc2ccc(OCCN3CCOCC3)c3ccccc23)n(C2CCCC2)n1. The van der Waals surface area contributed by atoms with E-state index in [0.717, 1.165) is 79.4 Å². The fraction of sp³-hybridized carbons (Fsp3) is 0.517. The second-order valence-corrected chi connectivity index (χ2v) is 11.1. The number of rotatable bonds is 7. The van der Waals surface area contributed by atoms with E-state index in [0.29, 0.717) is 12.6 Å². The molecule has 8 nitrogen and oxygen atoms in total. The highest BCUT2D eigenvalue weighted by atomic mass is 16.5. The van der Waals surface area contributed by atoms with Crippen molar-refractivity contribution < 1.29 is 14.3 Å². The van der Waals surface area contributed by atoms with Crippen molar-refractivity contribution in [3.05, 3.63) is 48.2 Å². The second-order valence-electron chi connectivity index (χ2n) is 11.1. The standard InChI is InChI=1S/C29H39N5O3/c1-29(2,3)26-20-27(34(32-26)21-8-4-5-9-21)31-28(35)30-24-12-13-25(23-11-7-6-10-22(23)24)37-19-16-33-14-17-36-18-15-33/h6-7,10-13,20-21H,4-5,8-9,14-19H2,1-3H3,(H2,30,31,35). The number of hydrogen-bond donors (Lipinski definition) is 2. The van der Waals surface area contributed by atoms with Crippen LogP contribution in [0.2, 0.25) is 0 Å². The number of anilines is 2. The number of urea groups is 1. The van der Waals surface area contributed by atoms with Gasteiger partial charge in [0.15, 0.2) is 0 Å². The number of hydrogen-bond acceptors (Lipinski definition) is 5. The minimum Gasteiger partial charge on any atom is -0.492 e. The van der Waals surface area contributed by atoms with Crippen molar-refractivity contribution in [2.45, 2.75) is 57.9 Å². The van der Waals surface area contributed by atoms with Gasteiger partial charge in [-0.25, -0.2) is 9.48 Å². The smallest absolute Gasteiger partial charge is 0.324 e. The van der Waals surface area contributed by atoms with E-state index < -0.39 is 0 Å². The summed E-state index contributed by atoms with van der Waals surface area (Å²) in [6.07, 6.45) is 4.60. The lowest BCUT2D eigenvalue weighted by Gasteiger charge is -2.26. The Morgan fingerprint density at radius 1 is 1.05 bits per heavy atom. The number of carbonyl (C=O) groups is 1. The summed E-state index contributed by atoms with van der Waals surface area (Å²) in [6, 6.07) is 14.0. The Labute approximate surface area is 219 Å². The summed E-state index contributed by atoms with van der Waals surface area (Å²) < 4.78 is 13.6. The maximum Gasteiger partial charge on any atom is 0.324 e. The fourth-order valence-electron chi connectivity index (χ4n) is 5.17. The molecule has 1 aliphatic heterocycles. The number of morpholine rings is 1. The Kier molecular flexibility index (Phi) is 7.67. The van der Waals surface area contributed by atoms with E-state index in [9.17, 15) is 4.79 Å². The molecule has 37 heavy (non-hydrogen) atoms. The van der Waals surface area contributed by atoms with Crippen molar-refractivity contribution in [2.75, 3.05) is 50.1 Å². The second kappa shape index (κ2) is 11.1. The van der Waals surface area contributed by atoms with Crippen molar-refractivity contribution in [3.8, 4) is 5.75 Å². The van der Waals surface area contributed by atoms with Gasteiger partial charge < -0.3 is 14.8 Å². The van der Waals surface area contributed by atoms with Crippen LogP contribution >= 0.6 is 0 Å². The molecule has 0 spiro atoms. The highest BCUT2D eigenvalue weighted by Crippen LogP contribution is 2.35. The van der Waals surface area contributed by atoms with Gasteiger partial charge in [-0.2, -0.15) is 5.10 Å². The lowest BCUT2D eigenvalue weighted by molar-refractivity contribution is 0.0323. The third-order valence-corrected chi connectivity index (χ3v) is 7.32. The Bertz CT molecular complexity index is 1220. The number of nitrogens with zero attached hydrogens (tertiary/aromatic N) is 3. The van der Waals surface area contributed by atoms with Crippen LogP contribution in [0.15, 0.2) is 42.5 Å². The predicted octanol–water partition coefficient (Wildman–Crippen LogP) is 5.80. The number of aromatic nitrogens is 2. The van der Waals surface area contributed by atoms with E-state index in [-0.39, 0.29) is 11.4 Å². The molecule has 5 rings (SSSR count). The van der Waals surface area contributed by atoms with Crippen LogP contribution in [-0.4, -0.2) is 60.2 Å². The molecule has 2 aliphatic rings. The highest BCUT2D eigenvalue weighted by Gasteiger charge is 2.26. The van der Waals surface area contributed by atoms with Crippen molar-refractivity contribution in [2.24, 2.45) is 0 Å². The van der Waals surface area contributed by atoms with E-state index in [1.165, 1.54) is 12.8 Å². The Morgan fingerprint density at radius 3 is 2.51 bits per heavy atom.